The van der Waals surface area contributed by atoms with E-state index in [0.29, 0.717) is 0 Å². The van der Waals surface area contributed by atoms with Gasteiger partial charge in [0.15, 0.2) is 0 Å². The van der Waals surface area contributed by atoms with Crippen LogP contribution in [0.3, 0.4) is 0 Å². The van der Waals surface area contributed by atoms with Gasteiger partial charge in [-0.1, -0.05) is 13.3 Å². The maximum Gasteiger partial charge on any atom is 0.0954 e. The topological polar surface area (TPSA) is 17.8 Å². The van der Waals surface area contributed by atoms with E-state index >= 15 is 0 Å². The lowest BCUT2D eigenvalue weighted by Gasteiger charge is -2.30. The van der Waals surface area contributed by atoms with Gasteiger partial charge in [0.2, 0.25) is 0 Å². The van der Waals surface area contributed by atoms with Crippen LogP contribution in [0.15, 0.2) is 6.33 Å². The Hall–Kier alpha value is -0.790. The van der Waals surface area contributed by atoms with Gasteiger partial charge in [0.25, 0.3) is 0 Å². The molecule has 0 spiro atoms. The van der Waals surface area contributed by atoms with Crippen molar-refractivity contribution in [2.24, 2.45) is 5.92 Å². The Morgan fingerprint density at radius 3 is 2.71 bits per heavy atom. The Morgan fingerprint density at radius 2 is 1.94 bits per heavy atom. The monoisotopic (exact) mass is 232 g/mol. The highest BCUT2D eigenvalue weighted by molar-refractivity contribution is 5.17. The van der Waals surface area contributed by atoms with Crippen molar-refractivity contribution in [2.45, 2.75) is 70.8 Å². The zero-order chi connectivity index (χ0) is 11.7. The van der Waals surface area contributed by atoms with E-state index in [-0.39, 0.29) is 0 Å². The molecule has 2 nitrogen and oxygen atoms in total. The van der Waals surface area contributed by atoms with Crippen molar-refractivity contribution in [1.29, 1.82) is 0 Å². The van der Waals surface area contributed by atoms with Crippen LogP contribution in [0.5, 0.6) is 0 Å². The number of imidazole rings is 1. The number of hydrogen-bond acceptors (Lipinski definition) is 1. The van der Waals surface area contributed by atoms with E-state index in [1.165, 1.54) is 63.5 Å². The van der Waals surface area contributed by atoms with Crippen LogP contribution >= 0.6 is 0 Å². The van der Waals surface area contributed by atoms with Crippen LogP contribution < -0.4 is 0 Å². The smallest absolute Gasteiger partial charge is 0.0954 e. The molecule has 0 radical (unpaired) electrons. The third kappa shape index (κ3) is 2.14. The first-order chi connectivity index (χ1) is 8.38. The molecule has 3 rings (SSSR count). The third-order valence-electron chi connectivity index (χ3n) is 4.85. The van der Waals surface area contributed by atoms with E-state index in [1.54, 1.807) is 5.69 Å². The van der Waals surface area contributed by atoms with Gasteiger partial charge in [-0.15, -0.1) is 0 Å². The van der Waals surface area contributed by atoms with E-state index in [0.717, 1.165) is 12.0 Å². The molecule has 0 aromatic carbocycles. The molecule has 2 aliphatic carbocycles. The van der Waals surface area contributed by atoms with E-state index in [9.17, 15) is 0 Å². The maximum atomic E-state index is 4.63. The second-order valence-electron chi connectivity index (χ2n) is 5.84. The molecule has 94 valence electrons. The van der Waals surface area contributed by atoms with Gasteiger partial charge < -0.3 is 4.57 Å². The Kier molecular flexibility index (Phi) is 3.21. The molecular formula is C15H24N2. The van der Waals surface area contributed by atoms with Crippen LogP contribution in [0.1, 0.15) is 69.3 Å². The first-order valence-electron chi connectivity index (χ1n) is 7.43. The Morgan fingerprint density at radius 1 is 1.18 bits per heavy atom. The van der Waals surface area contributed by atoms with Crippen LogP contribution in [0.2, 0.25) is 0 Å². The number of aryl methyl sites for hydroxylation is 1. The highest BCUT2D eigenvalue weighted by Crippen LogP contribution is 2.35. The van der Waals surface area contributed by atoms with Gasteiger partial charge in [-0.2, -0.15) is 0 Å². The number of fused-ring (bicyclic) bond motifs is 1. The zero-order valence-electron chi connectivity index (χ0n) is 11.0. The summed E-state index contributed by atoms with van der Waals surface area (Å²) in [7, 11) is 0. The van der Waals surface area contributed by atoms with Crippen molar-refractivity contribution in [3.8, 4) is 0 Å². The van der Waals surface area contributed by atoms with Crippen LogP contribution in [-0.4, -0.2) is 9.55 Å². The van der Waals surface area contributed by atoms with Crippen molar-refractivity contribution in [2.75, 3.05) is 0 Å². The minimum Gasteiger partial charge on any atom is -0.331 e. The SMILES string of the molecule is CCC1CCC(n2cnc3c2CCCC3)CC1. The number of hydrogen-bond donors (Lipinski definition) is 0. The average Bonchev–Trinajstić information content (AvgIpc) is 2.83. The van der Waals surface area contributed by atoms with Crippen molar-refractivity contribution in [3.63, 3.8) is 0 Å². The molecule has 0 saturated heterocycles. The minimum atomic E-state index is 0.757. The summed E-state index contributed by atoms with van der Waals surface area (Å²) in [6, 6.07) is 0.757. The van der Waals surface area contributed by atoms with E-state index < -0.39 is 0 Å². The Bertz CT molecular complexity index is 372. The van der Waals surface area contributed by atoms with Crippen molar-refractivity contribution >= 4 is 0 Å². The normalized spacial score (nSPS) is 29.0. The summed E-state index contributed by atoms with van der Waals surface area (Å²) in [4.78, 5) is 4.63. The second kappa shape index (κ2) is 4.83. The molecule has 2 aliphatic rings. The van der Waals surface area contributed by atoms with Crippen molar-refractivity contribution in [3.05, 3.63) is 17.7 Å². The Labute approximate surface area is 104 Å². The molecule has 1 saturated carbocycles. The first-order valence-corrected chi connectivity index (χ1v) is 7.43. The van der Waals surface area contributed by atoms with Crippen LogP contribution in [0, 0.1) is 5.92 Å². The molecule has 1 aromatic rings. The van der Waals surface area contributed by atoms with Gasteiger partial charge in [0.05, 0.1) is 12.0 Å². The van der Waals surface area contributed by atoms with Gasteiger partial charge in [-0.3, -0.25) is 0 Å². The summed E-state index contributed by atoms with van der Waals surface area (Å²) in [5.41, 5.74) is 2.96. The van der Waals surface area contributed by atoms with Gasteiger partial charge in [-0.05, 0) is 57.3 Å². The molecule has 0 aliphatic heterocycles. The van der Waals surface area contributed by atoms with Gasteiger partial charge in [-0.25, -0.2) is 4.98 Å². The molecule has 2 heteroatoms. The molecule has 1 heterocycles. The Balaban J connectivity index is 1.74. The van der Waals surface area contributed by atoms with Crippen molar-refractivity contribution < 1.29 is 0 Å². The van der Waals surface area contributed by atoms with E-state index in [1.807, 2.05) is 0 Å². The average molecular weight is 232 g/mol. The lowest BCUT2D eigenvalue weighted by atomic mass is 9.84. The highest BCUT2D eigenvalue weighted by Gasteiger charge is 2.24. The second-order valence-corrected chi connectivity index (χ2v) is 5.84. The quantitative estimate of drug-likeness (QED) is 0.756. The summed E-state index contributed by atoms with van der Waals surface area (Å²) in [5, 5.41) is 0. The molecule has 0 bridgehead atoms. The first kappa shape index (κ1) is 11.3. The predicted octanol–water partition coefficient (Wildman–Crippen LogP) is 3.90. The fourth-order valence-corrected chi connectivity index (χ4v) is 3.64. The lowest BCUT2D eigenvalue weighted by molar-refractivity contribution is 0.265. The molecule has 0 amide bonds. The van der Waals surface area contributed by atoms with E-state index in [2.05, 4.69) is 22.8 Å². The summed E-state index contributed by atoms with van der Waals surface area (Å²) < 4.78 is 2.53. The fourth-order valence-electron chi connectivity index (χ4n) is 3.64. The van der Waals surface area contributed by atoms with Crippen molar-refractivity contribution in [1.82, 2.24) is 9.55 Å². The molecule has 0 unspecified atom stereocenters. The van der Waals surface area contributed by atoms with Gasteiger partial charge in [0, 0.05) is 11.7 Å². The third-order valence-corrected chi connectivity index (χ3v) is 4.85. The largest absolute Gasteiger partial charge is 0.331 e. The summed E-state index contributed by atoms with van der Waals surface area (Å²) in [5.74, 6) is 0.991. The predicted molar refractivity (Wildman–Crippen MR) is 70.2 cm³/mol. The zero-order valence-corrected chi connectivity index (χ0v) is 11.0. The van der Waals surface area contributed by atoms with Crippen LogP contribution in [0.25, 0.3) is 0 Å². The van der Waals surface area contributed by atoms with Gasteiger partial charge in [0.1, 0.15) is 0 Å². The molecule has 1 fully saturated rings. The highest BCUT2D eigenvalue weighted by atomic mass is 15.1. The molecular weight excluding hydrogens is 208 g/mol. The van der Waals surface area contributed by atoms with E-state index in [4.69, 9.17) is 0 Å². The summed E-state index contributed by atoms with van der Waals surface area (Å²) in [6.07, 6.45) is 14.3. The number of aromatic nitrogens is 2. The summed E-state index contributed by atoms with van der Waals surface area (Å²) in [6.45, 7) is 2.34. The van der Waals surface area contributed by atoms with Crippen LogP contribution in [-0.2, 0) is 12.8 Å². The molecule has 1 aromatic heterocycles. The van der Waals surface area contributed by atoms with Crippen LogP contribution in [0.4, 0.5) is 0 Å². The molecule has 0 N–H and O–H groups in total. The number of rotatable bonds is 2. The minimum absolute atomic E-state index is 0.757. The molecule has 17 heavy (non-hydrogen) atoms. The van der Waals surface area contributed by atoms with Gasteiger partial charge >= 0.3 is 0 Å². The fraction of sp³-hybridized carbons (Fsp3) is 0.800. The summed E-state index contributed by atoms with van der Waals surface area (Å²) >= 11 is 0. The molecule has 0 atom stereocenters. The standard InChI is InChI=1S/C15H24N2/c1-2-12-7-9-13(10-8-12)17-11-16-14-5-3-4-6-15(14)17/h11-13H,2-10H2,1H3. The maximum absolute atomic E-state index is 4.63. The lowest BCUT2D eigenvalue weighted by Crippen LogP contribution is -2.20. The number of nitrogens with zero attached hydrogens (tertiary/aromatic N) is 2.